The summed E-state index contributed by atoms with van der Waals surface area (Å²) >= 11 is 23.9. The topological polar surface area (TPSA) is 34.6 Å². The van der Waals surface area contributed by atoms with E-state index in [0.29, 0.717) is 33.9 Å². The molecule has 1 aromatic carbocycles. The summed E-state index contributed by atoms with van der Waals surface area (Å²) in [6.45, 7) is 2.81. The minimum Gasteiger partial charge on any atom is -0.489 e. The molecule has 1 heterocycles. The van der Waals surface area contributed by atoms with E-state index < -0.39 is 0 Å². The highest BCUT2D eigenvalue weighted by Gasteiger charge is 2.18. The van der Waals surface area contributed by atoms with Gasteiger partial charge in [0.05, 0.1) is 16.6 Å². The Balaban J connectivity index is 2.23. The molecule has 0 unspecified atom stereocenters. The molecule has 1 aromatic heterocycles. The summed E-state index contributed by atoms with van der Waals surface area (Å²) in [6, 6.07) is 8.71. The van der Waals surface area contributed by atoms with Gasteiger partial charge in [-0.2, -0.15) is 0 Å². The molecule has 0 spiro atoms. The van der Waals surface area contributed by atoms with Crippen LogP contribution in [0.1, 0.15) is 13.3 Å². The number of hydroxylamine groups is 1. The molecular formula is C17H16Cl4N2O2. The van der Waals surface area contributed by atoms with Crippen LogP contribution in [0.5, 0.6) is 11.6 Å². The van der Waals surface area contributed by atoms with Crippen molar-refractivity contribution in [3.8, 4) is 11.6 Å². The third kappa shape index (κ3) is 6.15. The average Bonchev–Trinajstić information content (AvgIpc) is 2.55. The summed E-state index contributed by atoms with van der Waals surface area (Å²) in [7, 11) is 0. The first-order chi connectivity index (χ1) is 12.0. The van der Waals surface area contributed by atoms with Crippen molar-refractivity contribution in [3.63, 3.8) is 0 Å². The molecule has 0 atom stereocenters. The SMILES string of the molecule is CCCN(Oc1ccccn1)c1c(Cl)cc(OCC=C(Cl)Cl)cc1Cl. The third-order valence-electron chi connectivity index (χ3n) is 3.00. The fourth-order valence-corrected chi connectivity index (χ4v) is 2.77. The maximum atomic E-state index is 6.40. The van der Waals surface area contributed by atoms with Crippen molar-refractivity contribution in [3.05, 3.63) is 57.1 Å². The molecule has 0 fully saturated rings. The second kappa shape index (κ2) is 9.97. The molecule has 2 aromatic rings. The van der Waals surface area contributed by atoms with E-state index in [-0.39, 0.29) is 11.1 Å². The molecule has 8 heteroatoms. The van der Waals surface area contributed by atoms with E-state index in [9.17, 15) is 0 Å². The third-order valence-corrected chi connectivity index (χ3v) is 3.88. The van der Waals surface area contributed by atoms with Gasteiger partial charge in [-0.05, 0) is 18.6 Å². The number of halogens is 4. The van der Waals surface area contributed by atoms with Crippen LogP contribution < -0.4 is 14.6 Å². The van der Waals surface area contributed by atoms with Crippen LogP contribution in [0.15, 0.2) is 47.1 Å². The molecule has 0 aliphatic heterocycles. The van der Waals surface area contributed by atoms with Gasteiger partial charge in [0.15, 0.2) is 0 Å². The Labute approximate surface area is 166 Å². The molecule has 4 nitrogen and oxygen atoms in total. The maximum Gasteiger partial charge on any atom is 0.245 e. The second-order valence-electron chi connectivity index (χ2n) is 4.90. The maximum absolute atomic E-state index is 6.40. The highest BCUT2D eigenvalue weighted by Crippen LogP contribution is 2.38. The molecule has 0 radical (unpaired) electrons. The molecule has 0 amide bonds. The number of hydrogen-bond donors (Lipinski definition) is 0. The van der Waals surface area contributed by atoms with Gasteiger partial charge in [-0.25, -0.2) is 10.0 Å². The number of anilines is 1. The summed E-state index contributed by atoms with van der Waals surface area (Å²) in [5.41, 5.74) is 0.550. The molecule has 25 heavy (non-hydrogen) atoms. The van der Waals surface area contributed by atoms with E-state index in [1.54, 1.807) is 29.5 Å². The molecule has 0 aliphatic carbocycles. The van der Waals surface area contributed by atoms with Crippen molar-refractivity contribution in [1.82, 2.24) is 4.98 Å². The Morgan fingerprint density at radius 3 is 2.48 bits per heavy atom. The Kier molecular flexibility index (Phi) is 7.97. The van der Waals surface area contributed by atoms with Crippen LogP contribution in [0.25, 0.3) is 0 Å². The molecule has 0 N–H and O–H groups in total. The molecule has 134 valence electrons. The summed E-state index contributed by atoms with van der Waals surface area (Å²) < 4.78 is 5.64. The highest BCUT2D eigenvalue weighted by atomic mass is 35.5. The van der Waals surface area contributed by atoms with Crippen molar-refractivity contribution < 1.29 is 9.57 Å². The van der Waals surface area contributed by atoms with Crippen LogP contribution in [0.4, 0.5) is 5.69 Å². The zero-order valence-electron chi connectivity index (χ0n) is 13.4. The van der Waals surface area contributed by atoms with E-state index in [2.05, 4.69) is 4.98 Å². The van der Waals surface area contributed by atoms with E-state index >= 15 is 0 Å². The van der Waals surface area contributed by atoms with Crippen molar-refractivity contribution in [1.29, 1.82) is 0 Å². The van der Waals surface area contributed by atoms with Crippen LogP contribution in [0.3, 0.4) is 0 Å². The van der Waals surface area contributed by atoms with Crippen LogP contribution >= 0.6 is 46.4 Å². The quantitative estimate of drug-likeness (QED) is 0.468. The lowest BCUT2D eigenvalue weighted by Crippen LogP contribution is -2.29. The Hall–Kier alpha value is -1.33. The van der Waals surface area contributed by atoms with Crippen molar-refractivity contribution >= 4 is 52.1 Å². The van der Waals surface area contributed by atoms with Gasteiger partial charge in [0.25, 0.3) is 0 Å². The lowest BCUT2D eigenvalue weighted by Gasteiger charge is -2.25. The van der Waals surface area contributed by atoms with Crippen molar-refractivity contribution in [2.75, 3.05) is 18.2 Å². The first-order valence-corrected chi connectivity index (χ1v) is 9.02. The van der Waals surface area contributed by atoms with Crippen molar-refractivity contribution in [2.45, 2.75) is 13.3 Å². The van der Waals surface area contributed by atoms with Gasteiger partial charge in [-0.1, -0.05) is 59.4 Å². The molecule has 0 saturated heterocycles. The summed E-state index contributed by atoms with van der Waals surface area (Å²) in [5.74, 6) is 0.948. The van der Waals surface area contributed by atoms with E-state index in [1.807, 2.05) is 19.1 Å². The Morgan fingerprint density at radius 2 is 1.92 bits per heavy atom. The Bertz CT molecular complexity index is 699. The number of nitrogens with zero attached hydrogens (tertiary/aromatic N) is 2. The normalized spacial score (nSPS) is 10.3. The predicted molar refractivity (Wildman–Crippen MR) is 104 cm³/mol. The van der Waals surface area contributed by atoms with Crippen LogP contribution in [-0.4, -0.2) is 18.1 Å². The summed E-state index contributed by atoms with van der Waals surface area (Å²) in [5, 5.41) is 2.41. The smallest absolute Gasteiger partial charge is 0.245 e. The van der Waals surface area contributed by atoms with E-state index in [1.165, 1.54) is 6.08 Å². The number of hydrogen-bond acceptors (Lipinski definition) is 4. The highest BCUT2D eigenvalue weighted by molar-refractivity contribution is 6.55. The van der Waals surface area contributed by atoms with Gasteiger partial charge in [-0.15, -0.1) is 0 Å². The van der Waals surface area contributed by atoms with Gasteiger partial charge in [0, 0.05) is 24.4 Å². The molecule has 0 bridgehead atoms. The Morgan fingerprint density at radius 1 is 1.20 bits per heavy atom. The number of rotatable bonds is 8. The second-order valence-corrected chi connectivity index (χ2v) is 6.72. The first-order valence-electron chi connectivity index (χ1n) is 7.50. The molecule has 0 saturated carbocycles. The lowest BCUT2D eigenvalue weighted by molar-refractivity contribution is 0.267. The summed E-state index contributed by atoms with van der Waals surface area (Å²) in [6.07, 6.45) is 4.00. The minimum atomic E-state index is 0.131. The van der Waals surface area contributed by atoms with E-state index in [0.717, 1.165) is 6.42 Å². The van der Waals surface area contributed by atoms with E-state index in [4.69, 9.17) is 56.0 Å². The van der Waals surface area contributed by atoms with Gasteiger partial charge in [0.1, 0.15) is 22.5 Å². The lowest BCUT2D eigenvalue weighted by atomic mass is 10.3. The van der Waals surface area contributed by atoms with Gasteiger partial charge >= 0.3 is 0 Å². The number of benzene rings is 1. The standard InChI is InChI=1S/C17H16Cl4N2O2/c1-2-8-23(25-16-5-3-4-7-22-16)17-13(18)10-12(11-14(17)19)24-9-6-15(20)21/h3-7,10-11H,2,8-9H2,1H3. The molecular weight excluding hydrogens is 406 g/mol. The summed E-state index contributed by atoms with van der Waals surface area (Å²) in [4.78, 5) is 9.98. The van der Waals surface area contributed by atoms with Gasteiger partial charge in [-0.3, -0.25) is 0 Å². The van der Waals surface area contributed by atoms with Gasteiger partial charge in [0.2, 0.25) is 5.88 Å². The first kappa shape index (κ1) is 20.0. The number of pyridine rings is 1. The van der Waals surface area contributed by atoms with Crippen LogP contribution in [0.2, 0.25) is 10.0 Å². The van der Waals surface area contributed by atoms with Crippen LogP contribution in [-0.2, 0) is 0 Å². The molecule has 0 aliphatic rings. The number of aromatic nitrogens is 1. The van der Waals surface area contributed by atoms with Crippen LogP contribution in [0, 0.1) is 0 Å². The fraction of sp³-hybridized carbons (Fsp3) is 0.235. The minimum absolute atomic E-state index is 0.131. The predicted octanol–water partition coefficient (Wildman–Crippen LogP) is 6.30. The van der Waals surface area contributed by atoms with Gasteiger partial charge < -0.3 is 9.57 Å². The fourth-order valence-electron chi connectivity index (χ4n) is 1.98. The average molecular weight is 422 g/mol. The van der Waals surface area contributed by atoms with Crippen molar-refractivity contribution in [2.24, 2.45) is 0 Å². The zero-order chi connectivity index (χ0) is 18.2. The molecule has 2 rings (SSSR count). The largest absolute Gasteiger partial charge is 0.489 e. The number of ether oxygens (including phenoxy) is 1. The monoisotopic (exact) mass is 420 g/mol. The zero-order valence-corrected chi connectivity index (χ0v) is 16.4.